The summed E-state index contributed by atoms with van der Waals surface area (Å²) in [6, 6.07) is 11.6. The van der Waals surface area contributed by atoms with Crippen LogP contribution in [0.5, 0.6) is 17.2 Å². The van der Waals surface area contributed by atoms with Crippen LogP contribution in [-0.2, 0) is 0 Å². The van der Waals surface area contributed by atoms with Gasteiger partial charge in [0.05, 0.1) is 12.8 Å². The van der Waals surface area contributed by atoms with E-state index in [0.717, 1.165) is 22.6 Å². The van der Waals surface area contributed by atoms with Crippen LogP contribution in [-0.4, -0.2) is 20.3 Å². The number of hydrogen-bond donors (Lipinski definition) is 1. The molecule has 0 saturated heterocycles. The van der Waals surface area contributed by atoms with Gasteiger partial charge in [0.1, 0.15) is 19.0 Å². The van der Waals surface area contributed by atoms with E-state index in [4.69, 9.17) is 19.9 Å². The summed E-state index contributed by atoms with van der Waals surface area (Å²) in [6.07, 6.45) is 0. The number of ether oxygens (including phenoxy) is 3. The first kappa shape index (κ1) is 11.7. The van der Waals surface area contributed by atoms with Gasteiger partial charge in [-0.25, -0.2) is 0 Å². The van der Waals surface area contributed by atoms with Crippen LogP contribution in [0.4, 0.5) is 5.69 Å². The highest BCUT2D eigenvalue weighted by molar-refractivity contribution is 5.72. The van der Waals surface area contributed by atoms with E-state index in [0.29, 0.717) is 24.7 Å². The Morgan fingerprint density at radius 1 is 0.947 bits per heavy atom. The first-order valence-electron chi connectivity index (χ1n) is 6.11. The highest BCUT2D eigenvalue weighted by atomic mass is 16.6. The minimum absolute atomic E-state index is 0.585. The monoisotopic (exact) mass is 257 g/mol. The van der Waals surface area contributed by atoms with Crippen LogP contribution in [0.25, 0.3) is 11.1 Å². The van der Waals surface area contributed by atoms with Crippen molar-refractivity contribution in [1.82, 2.24) is 0 Å². The lowest BCUT2D eigenvalue weighted by atomic mass is 10.0. The van der Waals surface area contributed by atoms with Crippen LogP contribution in [0.2, 0.25) is 0 Å². The van der Waals surface area contributed by atoms with Crippen molar-refractivity contribution in [2.75, 3.05) is 26.1 Å². The van der Waals surface area contributed by atoms with Crippen LogP contribution in [0.1, 0.15) is 0 Å². The van der Waals surface area contributed by atoms with Crippen molar-refractivity contribution in [2.45, 2.75) is 0 Å². The molecule has 2 N–H and O–H groups in total. The fourth-order valence-electron chi connectivity index (χ4n) is 2.11. The summed E-state index contributed by atoms with van der Waals surface area (Å²) in [5.74, 6) is 2.24. The Morgan fingerprint density at radius 2 is 1.63 bits per heavy atom. The average molecular weight is 257 g/mol. The first-order chi connectivity index (χ1) is 9.28. The van der Waals surface area contributed by atoms with Gasteiger partial charge >= 0.3 is 0 Å². The molecule has 0 aliphatic carbocycles. The smallest absolute Gasteiger partial charge is 0.161 e. The Morgan fingerprint density at radius 3 is 2.42 bits per heavy atom. The number of nitrogen functional groups attached to an aromatic ring is 1. The molecule has 1 aliphatic heterocycles. The van der Waals surface area contributed by atoms with Gasteiger partial charge < -0.3 is 19.9 Å². The Hall–Kier alpha value is -2.36. The van der Waals surface area contributed by atoms with Crippen LogP contribution in [0.15, 0.2) is 36.4 Å². The van der Waals surface area contributed by atoms with Crippen molar-refractivity contribution in [3.8, 4) is 28.4 Å². The second-order valence-corrected chi connectivity index (χ2v) is 4.32. The molecule has 0 fully saturated rings. The molecule has 0 radical (unpaired) electrons. The topological polar surface area (TPSA) is 53.7 Å². The molecule has 0 aromatic heterocycles. The predicted molar refractivity (Wildman–Crippen MR) is 73.8 cm³/mol. The molecule has 98 valence electrons. The van der Waals surface area contributed by atoms with E-state index >= 15 is 0 Å². The van der Waals surface area contributed by atoms with E-state index in [1.807, 2.05) is 36.4 Å². The van der Waals surface area contributed by atoms with E-state index in [9.17, 15) is 0 Å². The number of methoxy groups -OCH3 is 1. The molecule has 0 bridgehead atoms. The molecule has 19 heavy (non-hydrogen) atoms. The fourth-order valence-corrected chi connectivity index (χ4v) is 2.11. The van der Waals surface area contributed by atoms with Crippen molar-refractivity contribution < 1.29 is 14.2 Å². The maximum Gasteiger partial charge on any atom is 0.161 e. The molecular weight excluding hydrogens is 242 g/mol. The Balaban J connectivity index is 2.02. The third-order valence-electron chi connectivity index (χ3n) is 3.11. The first-order valence-corrected chi connectivity index (χ1v) is 6.11. The molecule has 0 atom stereocenters. The summed E-state index contributed by atoms with van der Waals surface area (Å²) in [5.41, 5.74) is 8.52. The quantitative estimate of drug-likeness (QED) is 0.840. The lowest BCUT2D eigenvalue weighted by Crippen LogP contribution is -2.15. The van der Waals surface area contributed by atoms with Gasteiger partial charge in [-0.15, -0.1) is 0 Å². The highest BCUT2D eigenvalue weighted by Gasteiger charge is 2.13. The third-order valence-corrected chi connectivity index (χ3v) is 3.11. The molecule has 0 spiro atoms. The normalized spacial score (nSPS) is 13.1. The molecule has 4 heteroatoms. The van der Waals surface area contributed by atoms with E-state index in [-0.39, 0.29) is 0 Å². The van der Waals surface area contributed by atoms with Crippen LogP contribution in [0.3, 0.4) is 0 Å². The van der Waals surface area contributed by atoms with Crippen molar-refractivity contribution in [1.29, 1.82) is 0 Å². The standard InChI is InChI=1S/C15H15NO3/c1-17-14-8-10(2-4-12(14)16)11-3-5-13-15(9-11)19-7-6-18-13/h2-5,8-9H,6-7,16H2,1H3. The van der Waals surface area contributed by atoms with Crippen molar-refractivity contribution >= 4 is 5.69 Å². The molecular formula is C15H15NO3. The predicted octanol–water partition coefficient (Wildman–Crippen LogP) is 2.72. The molecule has 3 rings (SSSR count). The second kappa shape index (κ2) is 4.72. The molecule has 0 unspecified atom stereocenters. The van der Waals surface area contributed by atoms with Gasteiger partial charge in [0.25, 0.3) is 0 Å². The highest BCUT2D eigenvalue weighted by Crippen LogP contribution is 2.36. The zero-order valence-corrected chi connectivity index (χ0v) is 10.7. The van der Waals surface area contributed by atoms with E-state index in [2.05, 4.69) is 0 Å². The lowest BCUT2D eigenvalue weighted by Gasteiger charge is -2.19. The van der Waals surface area contributed by atoms with Crippen LogP contribution < -0.4 is 19.9 Å². The van der Waals surface area contributed by atoms with Gasteiger partial charge in [-0.3, -0.25) is 0 Å². The van der Waals surface area contributed by atoms with Gasteiger partial charge in [0.15, 0.2) is 11.5 Å². The minimum atomic E-state index is 0.585. The number of nitrogens with two attached hydrogens (primary N) is 1. The van der Waals surface area contributed by atoms with Gasteiger partial charge in [0, 0.05) is 0 Å². The molecule has 1 aliphatic rings. The van der Waals surface area contributed by atoms with Gasteiger partial charge in [-0.1, -0.05) is 12.1 Å². The second-order valence-electron chi connectivity index (χ2n) is 4.32. The summed E-state index contributed by atoms with van der Waals surface area (Å²) in [6.45, 7) is 1.18. The van der Waals surface area contributed by atoms with Crippen LogP contribution in [0, 0.1) is 0 Å². The van der Waals surface area contributed by atoms with Gasteiger partial charge in [-0.2, -0.15) is 0 Å². The zero-order valence-electron chi connectivity index (χ0n) is 10.7. The van der Waals surface area contributed by atoms with Crippen molar-refractivity contribution in [3.63, 3.8) is 0 Å². The summed E-state index contributed by atoms with van der Waals surface area (Å²) in [4.78, 5) is 0. The summed E-state index contributed by atoms with van der Waals surface area (Å²) in [5, 5.41) is 0. The number of benzene rings is 2. The molecule has 4 nitrogen and oxygen atoms in total. The largest absolute Gasteiger partial charge is 0.495 e. The maximum atomic E-state index is 5.82. The Bertz CT molecular complexity index is 610. The molecule has 0 amide bonds. The molecule has 2 aromatic carbocycles. The Labute approximate surface area is 111 Å². The average Bonchev–Trinajstić information content (AvgIpc) is 2.47. The minimum Gasteiger partial charge on any atom is -0.495 e. The van der Waals surface area contributed by atoms with Crippen molar-refractivity contribution in [3.05, 3.63) is 36.4 Å². The fraction of sp³-hybridized carbons (Fsp3) is 0.200. The van der Waals surface area contributed by atoms with Crippen LogP contribution >= 0.6 is 0 Å². The van der Waals surface area contributed by atoms with E-state index < -0.39 is 0 Å². The maximum absolute atomic E-state index is 5.82. The van der Waals surface area contributed by atoms with Crippen molar-refractivity contribution in [2.24, 2.45) is 0 Å². The zero-order chi connectivity index (χ0) is 13.2. The molecule has 0 saturated carbocycles. The summed E-state index contributed by atoms with van der Waals surface area (Å²) >= 11 is 0. The molecule has 1 heterocycles. The van der Waals surface area contributed by atoms with Gasteiger partial charge in [-0.05, 0) is 35.4 Å². The summed E-state index contributed by atoms with van der Waals surface area (Å²) < 4.78 is 16.3. The number of anilines is 1. The lowest BCUT2D eigenvalue weighted by molar-refractivity contribution is 0.171. The number of hydrogen-bond acceptors (Lipinski definition) is 4. The number of rotatable bonds is 2. The number of fused-ring (bicyclic) bond motifs is 1. The third kappa shape index (κ3) is 2.17. The summed E-state index contributed by atoms with van der Waals surface area (Å²) in [7, 11) is 1.61. The van der Waals surface area contributed by atoms with E-state index in [1.54, 1.807) is 7.11 Å². The van der Waals surface area contributed by atoms with E-state index in [1.165, 1.54) is 0 Å². The Kier molecular flexibility index (Phi) is 2.91. The van der Waals surface area contributed by atoms with Gasteiger partial charge in [0.2, 0.25) is 0 Å². The molecule has 2 aromatic rings. The SMILES string of the molecule is COc1cc(-c2ccc3c(c2)OCCO3)ccc1N.